The molecular formula is C57H76IN3O21S3. The maximum atomic E-state index is 14.4. The van der Waals surface area contributed by atoms with E-state index in [1.807, 2.05) is 29.5 Å². The average Bonchev–Trinajstić information content (AvgIpc) is 2.59. The summed E-state index contributed by atoms with van der Waals surface area (Å²) in [6.07, 6.45) is -11.4. The fourth-order valence-electron chi connectivity index (χ4n) is 10.7. The number of hydroxylamine groups is 1. The van der Waals surface area contributed by atoms with Gasteiger partial charge in [-0.05, 0) is 87.4 Å². The van der Waals surface area contributed by atoms with E-state index < -0.39 is 127 Å². The van der Waals surface area contributed by atoms with Gasteiger partial charge in [-0.2, -0.15) is 5.48 Å². The molecule has 0 radical (unpaired) electrons. The smallest absolute Gasteiger partial charge is 0.411 e. The van der Waals surface area contributed by atoms with E-state index in [9.17, 15) is 39.9 Å². The molecule has 5 fully saturated rings. The van der Waals surface area contributed by atoms with Crippen LogP contribution in [0.3, 0.4) is 0 Å². The highest BCUT2D eigenvalue weighted by Crippen LogP contribution is 2.49. The number of methoxy groups -OCH3 is 5. The van der Waals surface area contributed by atoms with Gasteiger partial charge in [-0.1, -0.05) is 70.0 Å². The minimum Gasteiger partial charge on any atom is -0.492 e. The number of hydrogen-bond acceptors (Lipinski definition) is 26. The minimum atomic E-state index is -2.04. The van der Waals surface area contributed by atoms with E-state index >= 15 is 0 Å². The first-order valence-corrected chi connectivity index (χ1v) is 32.2. The zero-order valence-electron chi connectivity index (χ0n) is 48.7. The first-order chi connectivity index (χ1) is 40.7. The molecule has 28 heteroatoms. The lowest BCUT2D eigenvalue weighted by Crippen LogP contribution is -2.65. The fraction of sp³-hybridized carbons (Fsp3) is 0.667. The highest BCUT2D eigenvalue weighted by atomic mass is 127. The summed E-state index contributed by atoms with van der Waals surface area (Å²) in [5.41, 5.74) is 1.39. The molecule has 470 valence electrons. The van der Waals surface area contributed by atoms with Gasteiger partial charge < -0.3 is 87.7 Å². The highest BCUT2D eigenvalue weighted by Gasteiger charge is 2.52. The second-order valence-corrected chi connectivity index (χ2v) is 26.1. The lowest BCUT2D eigenvalue weighted by Gasteiger charge is -2.46. The zero-order valence-corrected chi connectivity index (χ0v) is 53.3. The predicted octanol–water partition coefficient (Wildman–Crippen LogP) is 3.08. The van der Waals surface area contributed by atoms with E-state index in [1.165, 1.54) is 33.5 Å². The van der Waals surface area contributed by atoms with E-state index in [4.69, 9.17) is 61.7 Å². The Morgan fingerprint density at radius 1 is 0.871 bits per heavy atom. The maximum absolute atomic E-state index is 14.4. The number of Topliss-reactive ketones (excluding diaryl/α,β-unsaturated/α-hetero) is 1. The van der Waals surface area contributed by atoms with Crippen molar-refractivity contribution in [3.05, 3.63) is 49.8 Å². The first-order valence-electron chi connectivity index (χ1n) is 27.9. The van der Waals surface area contributed by atoms with Crippen molar-refractivity contribution in [1.82, 2.24) is 16.1 Å². The summed E-state index contributed by atoms with van der Waals surface area (Å²) in [6.45, 7) is 9.44. The van der Waals surface area contributed by atoms with E-state index in [0.717, 1.165) is 31.7 Å². The standard InChI is InChI=1S/C57H76IN3O21S3/c1-11-59-32-25-75-37(23-36(32)70-6)80-50-45(65)42(27(3)77-55(50)79-35-16-14-12-13-15-20-57(69)24-34(63)43(60-56(68)74-10)40(35)31(57)19-21-83-85-30-17-18-30)61-82-38-22-33(62)52(29(5)76-38)84-53(67)39-26(2)41(58)48(51(73-9)47(39)71-7)81-54-46(66)49(72-8)44(64)28(4)78-54/h12-13,19,27-30,32-33,35-38,42,44-46,49-50,52,54-55,59,61-62,64-66,69H,11,17-18,21-25H2,1-10H3,(H,60,68)/b13-12+,31-19+/t27-,28+,29-,32+,33+,35+,36+,37+,38+,42-,44+,45+,46-,49-,50-,52-,54+,55+,57+/m1/s1. The molecular weight excluding hydrogens is 1290 g/mol. The lowest BCUT2D eigenvalue weighted by atomic mass is 9.75. The second-order valence-electron chi connectivity index (χ2n) is 21.1. The molecule has 85 heavy (non-hydrogen) atoms. The summed E-state index contributed by atoms with van der Waals surface area (Å²) >= 11 is 2.83. The predicted molar refractivity (Wildman–Crippen MR) is 319 cm³/mol. The van der Waals surface area contributed by atoms with E-state index in [-0.39, 0.29) is 71.2 Å². The third kappa shape index (κ3) is 15.7. The number of aliphatic hydroxyl groups is 5. The van der Waals surface area contributed by atoms with Gasteiger partial charge in [0.05, 0.1) is 97.0 Å². The monoisotopic (exact) mass is 1360 g/mol. The second kappa shape index (κ2) is 30.5. The van der Waals surface area contributed by atoms with Crippen LogP contribution >= 0.6 is 55.9 Å². The quantitative estimate of drug-likeness (QED) is 0.0272. The highest BCUT2D eigenvalue weighted by molar-refractivity contribution is 14.1. The number of allylic oxidation sites excluding steroid dienone is 3. The topological polar surface area (TPSA) is 308 Å². The van der Waals surface area contributed by atoms with Crippen LogP contribution in [-0.4, -0.2) is 217 Å². The number of amides is 1. The largest absolute Gasteiger partial charge is 0.492 e. The van der Waals surface area contributed by atoms with Gasteiger partial charge in [0.2, 0.25) is 17.2 Å². The molecule has 7 aliphatic rings. The summed E-state index contributed by atoms with van der Waals surface area (Å²) in [6, 6.07) is -1.26. The van der Waals surface area contributed by atoms with E-state index in [1.54, 1.807) is 62.5 Å². The van der Waals surface area contributed by atoms with Crippen LogP contribution in [0.15, 0.2) is 35.1 Å². The van der Waals surface area contributed by atoms with Crippen LogP contribution < -0.4 is 30.3 Å². The fourth-order valence-corrected chi connectivity index (χ4v) is 14.9. The van der Waals surface area contributed by atoms with Gasteiger partial charge in [-0.25, -0.2) is 4.79 Å². The maximum Gasteiger partial charge on any atom is 0.411 e. The third-order valence-corrected chi connectivity index (χ3v) is 20.9. The summed E-state index contributed by atoms with van der Waals surface area (Å²) < 4.78 is 72.7. The van der Waals surface area contributed by atoms with Crippen LogP contribution in [0.1, 0.15) is 75.7 Å². The molecule has 0 unspecified atom stereocenters. The Morgan fingerprint density at radius 3 is 2.27 bits per heavy atom. The summed E-state index contributed by atoms with van der Waals surface area (Å²) in [4.78, 5) is 47.7. The number of thioether (sulfide) groups is 1. The first kappa shape index (κ1) is 67.6. The number of ketones is 1. The summed E-state index contributed by atoms with van der Waals surface area (Å²) in [5, 5.41) is 63.3. The number of nitrogens with one attached hydrogen (secondary N) is 3. The zero-order chi connectivity index (χ0) is 61.4. The molecule has 1 saturated carbocycles. The molecule has 1 aromatic rings. The molecule has 2 bridgehead atoms. The Kier molecular flexibility index (Phi) is 24.3. The van der Waals surface area contributed by atoms with Crippen LogP contribution in [0.2, 0.25) is 0 Å². The summed E-state index contributed by atoms with van der Waals surface area (Å²) in [7, 11) is 10.1. The molecule has 8 rings (SSSR count). The van der Waals surface area contributed by atoms with Crippen LogP contribution in [0.4, 0.5) is 4.79 Å². The van der Waals surface area contributed by atoms with Crippen molar-refractivity contribution in [2.45, 2.75) is 187 Å². The molecule has 4 heterocycles. The Hall–Kier alpha value is -3.29. The van der Waals surface area contributed by atoms with Gasteiger partial charge in [0.1, 0.15) is 36.6 Å². The van der Waals surface area contributed by atoms with Crippen molar-refractivity contribution in [3.63, 3.8) is 0 Å². The molecule has 24 nitrogen and oxygen atoms in total. The van der Waals surface area contributed by atoms with Gasteiger partial charge in [-0.3, -0.25) is 19.7 Å². The molecule has 8 N–H and O–H groups in total. The van der Waals surface area contributed by atoms with Gasteiger partial charge in [0, 0.05) is 49.2 Å². The number of rotatable bonds is 22. The molecule has 1 amide bonds. The molecule has 4 saturated heterocycles. The Labute approximate surface area is 519 Å². The SMILES string of the molecule is CCN[C@H]1CO[C@@H](O[C@H]2[C@H](O[C@H]3C#C/C=C/C#C[C@]4(O)CC(=O)C(NC(=O)OC)=C3/C4=C\CSSC3CC3)O[C@H](C)[C@@H](NO[C@H]3C[C@H](O)[C@H](SC(=O)c4c(C)c(I)c(O[C@@H]5O[C@@H](C)[C@H](O)[C@@H](OC)[C@H]5O)c(OC)c4OC)[C@@H](C)O3)[C@@H]2O)C[C@@H]1OC. The van der Waals surface area contributed by atoms with Gasteiger partial charge >= 0.3 is 6.09 Å². The van der Waals surface area contributed by atoms with Crippen molar-refractivity contribution in [2.75, 3.05) is 54.5 Å². The van der Waals surface area contributed by atoms with Crippen LogP contribution in [0.25, 0.3) is 0 Å². The number of halogens is 1. The molecule has 1 aromatic carbocycles. The number of carbonyl (C=O) groups is 3. The number of fused-ring (bicyclic) bond motifs is 2. The van der Waals surface area contributed by atoms with Crippen molar-refractivity contribution in [1.29, 1.82) is 0 Å². The lowest BCUT2D eigenvalue weighted by molar-refractivity contribution is -0.336. The van der Waals surface area contributed by atoms with Crippen LogP contribution in [-0.2, 0) is 52.3 Å². The minimum absolute atomic E-state index is 0.00512. The van der Waals surface area contributed by atoms with Crippen molar-refractivity contribution < 1.29 is 102 Å². The number of benzene rings is 1. The van der Waals surface area contributed by atoms with Crippen molar-refractivity contribution in [3.8, 4) is 40.9 Å². The van der Waals surface area contributed by atoms with Crippen molar-refractivity contribution >= 4 is 72.9 Å². The number of alkyl carbamates (subject to hydrolysis) is 1. The third-order valence-electron chi connectivity index (χ3n) is 15.4. The number of likely N-dealkylation sites (N-methyl/N-ethyl adjacent to an activating group) is 1. The number of hydrogen-bond donors (Lipinski definition) is 8. The van der Waals surface area contributed by atoms with Crippen LogP contribution in [0, 0.1) is 34.2 Å². The van der Waals surface area contributed by atoms with E-state index in [2.05, 4.69) is 39.8 Å². The summed E-state index contributed by atoms with van der Waals surface area (Å²) in [5.74, 6) is 11.5. The number of aliphatic hydroxyl groups excluding tert-OH is 4. The molecule has 0 spiro atoms. The van der Waals surface area contributed by atoms with Gasteiger partial charge in [0.25, 0.3) is 0 Å². The molecule has 19 atom stereocenters. The van der Waals surface area contributed by atoms with E-state index in [0.29, 0.717) is 26.7 Å². The van der Waals surface area contributed by atoms with Crippen molar-refractivity contribution in [2.24, 2.45) is 0 Å². The van der Waals surface area contributed by atoms with Gasteiger partial charge in [-0.15, -0.1) is 0 Å². The van der Waals surface area contributed by atoms with Crippen LogP contribution in [0.5, 0.6) is 17.2 Å². The Balaban J connectivity index is 1.02. The Bertz CT molecular complexity index is 2780. The van der Waals surface area contributed by atoms with Gasteiger partial charge in [0.15, 0.2) is 41.8 Å². The molecule has 3 aliphatic carbocycles. The Morgan fingerprint density at radius 2 is 1.60 bits per heavy atom. The number of carbonyl (C=O) groups excluding carboxylic acids is 3. The number of ether oxygens (including phenoxy) is 12. The average molecular weight is 1360 g/mol. The molecule has 0 aromatic heterocycles. The molecule has 4 aliphatic heterocycles. The normalized spacial score (nSPS) is 36.5.